The minimum Gasteiger partial charge on any atom is -0.409 e. The second-order valence-corrected chi connectivity index (χ2v) is 5.14. The van der Waals surface area contributed by atoms with Gasteiger partial charge < -0.3 is 21.2 Å². The maximum absolute atomic E-state index is 12.1. The van der Waals surface area contributed by atoms with E-state index in [1.165, 1.54) is 0 Å². The van der Waals surface area contributed by atoms with Crippen LogP contribution >= 0.6 is 0 Å². The molecular weight excluding hydrogens is 256 g/mol. The predicted molar refractivity (Wildman–Crippen MR) is 76.9 cm³/mol. The van der Waals surface area contributed by atoms with Crippen molar-refractivity contribution in [3.63, 3.8) is 0 Å². The first kappa shape index (κ1) is 14.3. The highest BCUT2D eigenvalue weighted by Gasteiger charge is 2.19. The zero-order valence-corrected chi connectivity index (χ0v) is 11.5. The maximum atomic E-state index is 12.1. The van der Waals surface area contributed by atoms with Gasteiger partial charge in [-0.1, -0.05) is 17.3 Å². The highest BCUT2D eigenvalue weighted by atomic mass is 16.4. The molecule has 0 spiro atoms. The van der Waals surface area contributed by atoms with Gasteiger partial charge in [-0.25, -0.2) is 0 Å². The molecule has 4 N–H and O–H groups in total. The lowest BCUT2D eigenvalue weighted by molar-refractivity contribution is 0.0912. The number of amides is 1. The highest BCUT2D eigenvalue weighted by molar-refractivity contribution is 5.99. The molecule has 6 nitrogen and oxygen atoms in total. The Morgan fingerprint density at radius 1 is 1.40 bits per heavy atom. The molecule has 1 aromatic rings. The third-order valence-corrected chi connectivity index (χ3v) is 3.51. The number of benzene rings is 1. The lowest BCUT2D eigenvalue weighted by Crippen LogP contribution is -2.46. The monoisotopic (exact) mass is 276 g/mol. The summed E-state index contributed by atoms with van der Waals surface area (Å²) in [6, 6.07) is 6.88. The van der Waals surface area contributed by atoms with Crippen molar-refractivity contribution in [2.45, 2.75) is 18.9 Å². The molecule has 1 heterocycles. The Morgan fingerprint density at radius 2 is 2.05 bits per heavy atom. The summed E-state index contributed by atoms with van der Waals surface area (Å²) in [6.45, 7) is 1.97. The number of hydrogen-bond donors (Lipinski definition) is 3. The van der Waals surface area contributed by atoms with E-state index in [2.05, 4.69) is 22.4 Å². The summed E-state index contributed by atoms with van der Waals surface area (Å²) in [5.41, 5.74) is 6.64. The Morgan fingerprint density at radius 3 is 2.65 bits per heavy atom. The summed E-state index contributed by atoms with van der Waals surface area (Å²) < 4.78 is 0. The molecule has 2 rings (SSSR count). The molecule has 0 aromatic heterocycles. The van der Waals surface area contributed by atoms with Gasteiger partial charge in [0, 0.05) is 23.7 Å². The fraction of sp³-hybridized carbons (Fsp3) is 0.429. The fourth-order valence-electron chi connectivity index (χ4n) is 2.40. The second kappa shape index (κ2) is 6.38. The van der Waals surface area contributed by atoms with Crippen LogP contribution in [0, 0.1) is 0 Å². The summed E-state index contributed by atoms with van der Waals surface area (Å²) in [5.74, 6) is -0.0535. The molecule has 1 fully saturated rings. The first-order valence-electron chi connectivity index (χ1n) is 6.67. The van der Waals surface area contributed by atoms with Crippen molar-refractivity contribution < 1.29 is 10.0 Å². The largest absolute Gasteiger partial charge is 0.409 e. The number of carbonyl (C=O) groups is 1. The molecule has 0 aliphatic carbocycles. The van der Waals surface area contributed by atoms with Crippen LogP contribution in [-0.4, -0.2) is 48.0 Å². The van der Waals surface area contributed by atoms with E-state index in [9.17, 15) is 4.79 Å². The smallest absolute Gasteiger partial charge is 0.251 e. The van der Waals surface area contributed by atoms with Gasteiger partial charge in [-0.2, -0.15) is 0 Å². The molecule has 20 heavy (non-hydrogen) atoms. The number of oxime groups is 1. The molecular formula is C14H20N4O2. The summed E-state index contributed by atoms with van der Waals surface area (Å²) in [4.78, 5) is 14.3. The molecule has 6 heteroatoms. The van der Waals surface area contributed by atoms with Gasteiger partial charge in [0.1, 0.15) is 0 Å². The summed E-state index contributed by atoms with van der Waals surface area (Å²) >= 11 is 0. The first-order valence-corrected chi connectivity index (χ1v) is 6.67. The number of nitrogens with two attached hydrogens (primary N) is 1. The molecule has 1 aliphatic rings. The molecule has 108 valence electrons. The van der Waals surface area contributed by atoms with Gasteiger partial charge in [0.05, 0.1) is 0 Å². The number of likely N-dealkylation sites (N-methyl/N-ethyl adjacent to an activating group) is 1. The molecule has 1 aliphatic heterocycles. The van der Waals surface area contributed by atoms with Crippen LogP contribution in [0.1, 0.15) is 28.8 Å². The Kier molecular flexibility index (Phi) is 4.57. The van der Waals surface area contributed by atoms with Crippen LogP contribution in [0.2, 0.25) is 0 Å². The number of likely N-dealkylation sites (tertiary alicyclic amines) is 1. The lowest BCUT2D eigenvalue weighted by atomic mass is 10.1. The van der Waals surface area contributed by atoms with Crippen molar-refractivity contribution in [2.24, 2.45) is 10.9 Å². The van der Waals surface area contributed by atoms with Crippen molar-refractivity contribution in [3.05, 3.63) is 35.4 Å². The summed E-state index contributed by atoms with van der Waals surface area (Å²) in [6.07, 6.45) is 2.11. The van der Waals surface area contributed by atoms with Crippen LogP contribution in [0.25, 0.3) is 0 Å². The van der Waals surface area contributed by atoms with Crippen LogP contribution in [-0.2, 0) is 0 Å². The Labute approximate surface area is 118 Å². The minimum absolute atomic E-state index is 0.0332. The van der Waals surface area contributed by atoms with E-state index in [-0.39, 0.29) is 17.8 Å². The second-order valence-electron chi connectivity index (χ2n) is 5.14. The van der Waals surface area contributed by atoms with Crippen molar-refractivity contribution in [1.82, 2.24) is 10.2 Å². The Balaban J connectivity index is 1.98. The number of hydrogen-bond acceptors (Lipinski definition) is 4. The van der Waals surface area contributed by atoms with Crippen molar-refractivity contribution in [1.29, 1.82) is 0 Å². The number of piperidine rings is 1. The Hall–Kier alpha value is -2.08. The molecule has 1 aromatic carbocycles. The lowest BCUT2D eigenvalue weighted by Gasteiger charge is -2.30. The normalized spacial score (nSPS) is 20.6. The molecule has 0 bridgehead atoms. The zero-order chi connectivity index (χ0) is 14.5. The van der Waals surface area contributed by atoms with Crippen LogP contribution in [0.15, 0.2) is 29.4 Å². The van der Waals surface area contributed by atoms with Crippen LogP contribution in [0.3, 0.4) is 0 Å². The number of rotatable bonds is 3. The molecule has 1 saturated heterocycles. The van der Waals surface area contributed by atoms with Gasteiger partial charge in [-0.3, -0.25) is 4.79 Å². The van der Waals surface area contributed by atoms with Gasteiger partial charge >= 0.3 is 0 Å². The van der Waals surface area contributed by atoms with Crippen LogP contribution < -0.4 is 11.1 Å². The molecule has 1 atom stereocenters. The SMILES string of the molecule is CN1CCCC(NC(=O)c2ccc(/C(N)=N/O)cc2)C1. The zero-order valence-electron chi connectivity index (χ0n) is 11.5. The summed E-state index contributed by atoms with van der Waals surface area (Å²) in [7, 11) is 2.06. The Bertz CT molecular complexity index is 498. The fourth-order valence-corrected chi connectivity index (χ4v) is 2.40. The number of amidine groups is 1. The third kappa shape index (κ3) is 3.48. The van der Waals surface area contributed by atoms with E-state index < -0.39 is 0 Å². The van der Waals surface area contributed by atoms with E-state index in [1.807, 2.05) is 0 Å². The number of carbonyl (C=O) groups excluding carboxylic acids is 1. The maximum Gasteiger partial charge on any atom is 0.251 e. The predicted octanol–water partition coefficient (Wildman–Crippen LogP) is 0.605. The molecule has 1 unspecified atom stereocenters. The number of nitrogens with one attached hydrogen (secondary N) is 1. The van der Waals surface area contributed by atoms with Crippen LogP contribution in [0.5, 0.6) is 0 Å². The topological polar surface area (TPSA) is 91.0 Å². The van der Waals surface area contributed by atoms with Gasteiger partial charge in [0.2, 0.25) is 0 Å². The van der Waals surface area contributed by atoms with Crippen molar-refractivity contribution >= 4 is 11.7 Å². The van der Waals surface area contributed by atoms with Crippen LogP contribution in [0.4, 0.5) is 0 Å². The van der Waals surface area contributed by atoms with Gasteiger partial charge in [-0.15, -0.1) is 0 Å². The highest BCUT2D eigenvalue weighted by Crippen LogP contribution is 2.10. The molecule has 0 saturated carbocycles. The molecule has 0 radical (unpaired) electrons. The van der Waals surface area contributed by atoms with Crippen molar-refractivity contribution in [2.75, 3.05) is 20.1 Å². The van der Waals surface area contributed by atoms with E-state index in [1.54, 1.807) is 24.3 Å². The quantitative estimate of drug-likeness (QED) is 0.326. The third-order valence-electron chi connectivity index (χ3n) is 3.51. The van der Waals surface area contributed by atoms with Crippen molar-refractivity contribution in [3.8, 4) is 0 Å². The van der Waals surface area contributed by atoms with Gasteiger partial charge in [-0.05, 0) is 38.6 Å². The van der Waals surface area contributed by atoms with E-state index in [0.717, 1.165) is 25.9 Å². The van der Waals surface area contributed by atoms with E-state index >= 15 is 0 Å². The first-order chi connectivity index (χ1) is 9.60. The van der Waals surface area contributed by atoms with E-state index in [0.29, 0.717) is 11.1 Å². The average molecular weight is 276 g/mol. The van der Waals surface area contributed by atoms with E-state index in [4.69, 9.17) is 10.9 Å². The van der Waals surface area contributed by atoms with Gasteiger partial charge in [0.25, 0.3) is 5.91 Å². The average Bonchev–Trinajstić information content (AvgIpc) is 2.46. The number of nitrogens with zero attached hydrogens (tertiary/aromatic N) is 2. The standard InChI is InChI=1S/C14H20N4O2/c1-18-8-2-3-12(9-18)16-14(19)11-6-4-10(5-7-11)13(15)17-20/h4-7,12,20H,2-3,8-9H2,1H3,(H2,15,17)(H,16,19). The molecule has 1 amide bonds. The minimum atomic E-state index is -0.0867. The summed E-state index contributed by atoms with van der Waals surface area (Å²) in [5, 5.41) is 14.5. The van der Waals surface area contributed by atoms with Gasteiger partial charge in [0.15, 0.2) is 5.84 Å².